The van der Waals surface area contributed by atoms with Crippen LogP contribution in [-0.2, 0) is 9.53 Å². The molecule has 2 rings (SSSR count). The summed E-state index contributed by atoms with van der Waals surface area (Å²) in [5.41, 5.74) is 0.954. The molecule has 0 aliphatic rings. The van der Waals surface area contributed by atoms with Crippen molar-refractivity contribution in [1.82, 2.24) is 10.1 Å². The number of imide groups is 1. The first-order valence-corrected chi connectivity index (χ1v) is 7.12. The first-order valence-electron chi connectivity index (χ1n) is 7.12. The largest absolute Gasteiger partial charge is 0.448 e. The van der Waals surface area contributed by atoms with Crippen LogP contribution in [0.1, 0.15) is 26.5 Å². The number of anilines is 1. The maximum Gasteiger partial charge on any atom is 0.422 e. The van der Waals surface area contributed by atoms with Gasteiger partial charge in [0.1, 0.15) is 0 Å². The second-order valence-electron chi connectivity index (χ2n) is 6.30. The third kappa shape index (κ3) is 4.15. The van der Waals surface area contributed by atoms with Crippen molar-refractivity contribution in [3.63, 3.8) is 0 Å². The van der Waals surface area contributed by atoms with Crippen molar-refractivity contribution in [2.45, 2.75) is 27.7 Å². The molecule has 0 unspecified atom stereocenters. The number of aryl methyl sites for hydroxylation is 1. The van der Waals surface area contributed by atoms with Gasteiger partial charge in [0.2, 0.25) is 6.41 Å². The first kappa shape index (κ1) is 16.7. The summed E-state index contributed by atoms with van der Waals surface area (Å²) >= 11 is 0. The Hall–Kier alpha value is -2.70. The van der Waals surface area contributed by atoms with Crippen molar-refractivity contribution in [2.24, 2.45) is 5.41 Å². The Morgan fingerprint density at radius 3 is 2.74 bits per heavy atom. The zero-order chi connectivity index (χ0) is 17.0. The molecule has 7 heteroatoms. The highest BCUT2D eigenvalue weighted by Crippen LogP contribution is 2.29. The molecule has 7 nitrogen and oxygen atoms in total. The van der Waals surface area contributed by atoms with Crippen LogP contribution in [0.2, 0.25) is 0 Å². The standard InChI is InChI=1S/C16H19N3O4/c1-11-8-13(23-18-11)12-6-5-7-17-14(12)19(10-20)15(21)22-9-16(2,3)4/h5-8,10H,9H2,1-4H3. The van der Waals surface area contributed by atoms with Gasteiger partial charge < -0.3 is 9.26 Å². The van der Waals surface area contributed by atoms with Gasteiger partial charge in [0.05, 0.1) is 17.9 Å². The van der Waals surface area contributed by atoms with E-state index in [1.54, 1.807) is 25.1 Å². The van der Waals surface area contributed by atoms with E-state index >= 15 is 0 Å². The molecule has 2 amide bonds. The minimum atomic E-state index is -0.786. The van der Waals surface area contributed by atoms with Crippen LogP contribution in [0.3, 0.4) is 0 Å². The van der Waals surface area contributed by atoms with Crippen molar-refractivity contribution in [3.05, 3.63) is 30.1 Å². The molecule has 23 heavy (non-hydrogen) atoms. The van der Waals surface area contributed by atoms with Crippen molar-refractivity contribution < 1.29 is 18.8 Å². The van der Waals surface area contributed by atoms with Gasteiger partial charge in [-0.05, 0) is 24.5 Å². The number of nitrogens with zero attached hydrogens (tertiary/aromatic N) is 3. The van der Waals surface area contributed by atoms with Gasteiger partial charge in [-0.1, -0.05) is 25.9 Å². The molecular weight excluding hydrogens is 298 g/mol. The number of amides is 2. The quantitative estimate of drug-likeness (QED) is 0.805. The number of hydrogen-bond acceptors (Lipinski definition) is 6. The number of carbonyl (C=O) groups is 2. The molecule has 2 aromatic heterocycles. The Kier molecular flexibility index (Phi) is 4.78. The van der Waals surface area contributed by atoms with Crippen LogP contribution in [0.15, 0.2) is 28.9 Å². The van der Waals surface area contributed by atoms with Gasteiger partial charge in [0, 0.05) is 12.3 Å². The van der Waals surface area contributed by atoms with Crippen molar-refractivity contribution in [3.8, 4) is 11.3 Å². The minimum Gasteiger partial charge on any atom is -0.448 e. The highest BCUT2D eigenvalue weighted by Gasteiger charge is 2.24. The molecule has 2 aromatic rings. The fraction of sp³-hybridized carbons (Fsp3) is 0.375. The van der Waals surface area contributed by atoms with E-state index in [1.807, 2.05) is 20.8 Å². The summed E-state index contributed by atoms with van der Waals surface area (Å²) in [6.45, 7) is 7.73. The maximum absolute atomic E-state index is 12.2. The monoisotopic (exact) mass is 317 g/mol. The summed E-state index contributed by atoms with van der Waals surface area (Å²) in [4.78, 5) is 28.5. The van der Waals surface area contributed by atoms with Gasteiger partial charge in [0.15, 0.2) is 11.6 Å². The van der Waals surface area contributed by atoms with Crippen LogP contribution in [0, 0.1) is 12.3 Å². The molecule has 0 atom stereocenters. The average Bonchev–Trinajstić information content (AvgIpc) is 2.92. The number of rotatable bonds is 4. The SMILES string of the molecule is Cc1cc(-c2cccnc2N(C=O)C(=O)OCC(C)(C)C)on1. The molecule has 0 bridgehead atoms. The van der Waals surface area contributed by atoms with Gasteiger partial charge in [-0.25, -0.2) is 9.78 Å². The van der Waals surface area contributed by atoms with E-state index < -0.39 is 6.09 Å². The lowest BCUT2D eigenvalue weighted by Gasteiger charge is -2.21. The van der Waals surface area contributed by atoms with Crippen molar-refractivity contribution >= 4 is 18.3 Å². The Labute approximate surface area is 134 Å². The second kappa shape index (κ2) is 6.60. The van der Waals surface area contributed by atoms with E-state index in [0.717, 1.165) is 4.90 Å². The van der Waals surface area contributed by atoms with Crippen LogP contribution in [-0.4, -0.2) is 29.3 Å². The average molecular weight is 317 g/mol. The number of ether oxygens (including phenoxy) is 1. The number of aromatic nitrogens is 2. The minimum absolute atomic E-state index is 0.137. The molecule has 2 heterocycles. The van der Waals surface area contributed by atoms with Gasteiger partial charge in [-0.2, -0.15) is 4.90 Å². The van der Waals surface area contributed by atoms with Crippen LogP contribution in [0.5, 0.6) is 0 Å². The number of carbonyl (C=O) groups excluding carboxylic acids is 2. The van der Waals surface area contributed by atoms with Gasteiger partial charge >= 0.3 is 6.09 Å². The molecule has 0 saturated heterocycles. The lowest BCUT2D eigenvalue weighted by atomic mass is 9.99. The van der Waals surface area contributed by atoms with E-state index in [0.29, 0.717) is 23.4 Å². The van der Waals surface area contributed by atoms with Gasteiger partial charge in [-0.15, -0.1) is 0 Å². The third-order valence-electron chi connectivity index (χ3n) is 2.84. The molecule has 0 fully saturated rings. The maximum atomic E-state index is 12.2. The zero-order valence-electron chi connectivity index (χ0n) is 13.6. The highest BCUT2D eigenvalue weighted by molar-refractivity contribution is 6.05. The summed E-state index contributed by atoms with van der Waals surface area (Å²) in [5, 5.41) is 3.81. The van der Waals surface area contributed by atoms with E-state index in [9.17, 15) is 9.59 Å². The second-order valence-corrected chi connectivity index (χ2v) is 6.30. The fourth-order valence-electron chi connectivity index (χ4n) is 1.80. The van der Waals surface area contributed by atoms with Crippen LogP contribution >= 0.6 is 0 Å². The van der Waals surface area contributed by atoms with E-state index in [4.69, 9.17) is 9.26 Å². The molecule has 0 radical (unpaired) electrons. The molecule has 0 saturated carbocycles. The predicted molar refractivity (Wildman–Crippen MR) is 83.8 cm³/mol. The van der Waals surface area contributed by atoms with Crippen LogP contribution in [0.4, 0.5) is 10.6 Å². The normalized spacial score (nSPS) is 11.1. The fourth-order valence-corrected chi connectivity index (χ4v) is 1.80. The topological polar surface area (TPSA) is 85.5 Å². The molecule has 0 aliphatic carbocycles. The Balaban J connectivity index is 2.31. The Morgan fingerprint density at radius 1 is 1.43 bits per heavy atom. The van der Waals surface area contributed by atoms with E-state index in [-0.39, 0.29) is 17.8 Å². The Morgan fingerprint density at radius 2 is 2.17 bits per heavy atom. The van der Waals surface area contributed by atoms with Gasteiger partial charge in [0.25, 0.3) is 0 Å². The molecule has 122 valence electrons. The van der Waals surface area contributed by atoms with Gasteiger partial charge in [-0.3, -0.25) is 4.79 Å². The van der Waals surface area contributed by atoms with Crippen molar-refractivity contribution in [1.29, 1.82) is 0 Å². The van der Waals surface area contributed by atoms with Crippen LogP contribution < -0.4 is 4.90 Å². The van der Waals surface area contributed by atoms with E-state index in [2.05, 4.69) is 10.1 Å². The lowest BCUT2D eigenvalue weighted by Crippen LogP contribution is -2.33. The predicted octanol–water partition coefficient (Wildman–Crippen LogP) is 3.19. The van der Waals surface area contributed by atoms with Crippen LogP contribution in [0.25, 0.3) is 11.3 Å². The summed E-state index contributed by atoms with van der Waals surface area (Å²) in [5.74, 6) is 0.554. The summed E-state index contributed by atoms with van der Waals surface area (Å²) in [7, 11) is 0. The molecule has 0 N–H and O–H groups in total. The molecular formula is C16H19N3O4. The molecule has 0 aliphatic heterocycles. The summed E-state index contributed by atoms with van der Waals surface area (Å²) < 4.78 is 10.4. The third-order valence-corrected chi connectivity index (χ3v) is 2.84. The molecule has 0 spiro atoms. The first-order chi connectivity index (χ1) is 10.8. The lowest BCUT2D eigenvalue weighted by molar-refractivity contribution is -0.107. The van der Waals surface area contributed by atoms with Crippen molar-refractivity contribution in [2.75, 3.05) is 11.5 Å². The number of hydrogen-bond donors (Lipinski definition) is 0. The summed E-state index contributed by atoms with van der Waals surface area (Å²) in [6.07, 6.45) is 1.07. The number of pyridine rings is 1. The summed E-state index contributed by atoms with van der Waals surface area (Å²) in [6, 6.07) is 5.07. The Bertz CT molecular complexity index is 703. The molecule has 0 aromatic carbocycles. The van der Waals surface area contributed by atoms with E-state index in [1.165, 1.54) is 6.20 Å². The smallest absolute Gasteiger partial charge is 0.422 e. The highest BCUT2D eigenvalue weighted by atomic mass is 16.6. The zero-order valence-corrected chi connectivity index (χ0v) is 13.6.